The maximum atomic E-state index is 8.64. The lowest BCUT2D eigenvalue weighted by Gasteiger charge is -2.06. The van der Waals surface area contributed by atoms with Crippen LogP contribution < -0.4 is 4.74 Å². The Balaban J connectivity index is 3.29. The van der Waals surface area contributed by atoms with E-state index in [9.17, 15) is 0 Å². The maximum Gasteiger partial charge on any atom is 0.139 e. The molecule has 3 nitrogen and oxygen atoms in total. The molecule has 0 saturated heterocycles. The standard InChI is InChI=1S/C11H7IN2O/c1-15-11-9(3-2-4-10(11)12)5-8(6-13)7-14/h2-5H,1H3. The van der Waals surface area contributed by atoms with Crippen molar-refractivity contribution in [1.29, 1.82) is 10.5 Å². The summed E-state index contributed by atoms with van der Waals surface area (Å²) in [5.74, 6) is 0.682. The predicted molar refractivity (Wildman–Crippen MR) is 64.9 cm³/mol. The maximum absolute atomic E-state index is 8.64. The molecule has 0 spiro atoms. The molecule has 0 saturated carbocycles. The van der Waals surface area contributed by atoms with E-state index in [0.29, 0.717) is 5.75 Å². The number of benzene rings is 1. The summed E-state index contributed by atoms with van der Waals surface area (Å²) in [4.78, 5) is 0. The number of nitriles is 2. The van der Waals surface area contributed by atoms with Gasteiger partial charge in [-0.2, -0.15) is 10.5 Å². The van der Waals surface area contributed by atoms with Gasteiger partial charge in [0.25, 0.3) is 0 Å². The Labute approximate surface area is 102 Å². The van der Waals surface area contributed by atoms with Gasteiger partial charge < -0.3 is 4.74 Å². The third-order valence-corrected chi connectivity index (χ3v) is 2.59. The fourth-order valence-electron chi connectivity index (χ4n) is 1.10. The molecule has 1 aromatic rings. The molecule has 0 aromatic heterocycles. The van der Waals surface area contributed by atoms with Gasteiger partial charge in [-0.15, -0.1) is 0 Å². The van der Waals surface area contributed by atoms with Crippen molar-refractivity contribution < 1.29 is 4.74 Å². The minimum absolute atomic E-state index is 0.0651. The SMILES string of the molecule is COc1c(I)cccc1C=C(C#N)C#N. The van der Waals surface area contributed by atoms with Gasteiger partial charge in [0.15, 0.2) is 0 Å². The second-order valence-electron chi connectivity index (χ2n) is 2.64. The lowest BCUT2D eigenvalue weighted by atomic mass is 10.1. The largest absolute Gasteiger partial charge is 0.495 e. The van der Waals surface area contributed by atoms with Gasteiger partial charge in [-0.1, -0.05) is 12.1 Å². The average Bonchev–Trinajstić information content (AvgIpc) is 2.26. The van der Waals surface area contributed by atoms with E-state index in [1.54, 1.807) is 13.2 Å². The van der Waals surface area contributed by atoms with Crippen LogP contribution in [-0.4, -0.2) is 7.11 Å². The number of hydrogen-bond acceptors (Lipinski definition) is 3. The van der Waals surface area contributed by atoms with Crippen LogP contribution in [0.25, 0.3) is 6.08 Å². The van der Waals surface area contributed by atoms with Crippen molar-refractivity contribution in [3.8, 4) is 17.9 Å². The van der Waals surface area contributed by atoms with Crippen LogP contribution in [0.1, 0.15) is 5.56 Å². The molecule has 0 bridgehead atoms. The first-order chi connectivity index (χ1) is 7.22. The summed E-state index contributed by atoms with van der Waals surface area (Å²) in [6, 6.07) is 9.17. The van der Waals surface area contributed by atoms with Crippen molar-refractivity contribution in [3.63, 3.8) is 0 Å². The van der Waals surface area contributed by atoms with Crippen molar-refractivity contribution in [2.45, 2.75) is 0 Å². The molecule has 0 fully saturated rings. The summed E-state index contributed by atoms with van der Waals surface area (Å²) in [5.41, 5.74) is 0.804. The Morgan fingerprint density at radius 3 is 2.60 bits per heavy atom. The molecule has 1 rings (SSSR count). The highest BCUT2D eigenvalue weighted by atomic mass is 127. The lowest BCUT2D eigenvalue weighted by Crippen LogP contribution is -1.90. The first kappa shape index (κ1) is 11.5. The summed E-state index contributed by atoms with van der Waals surface area (Å²) < 4.78 is 6.14. The normalized spacial score (nSPS) is 8.53. The number of rotatable bonds is 2. The minimum atomic E-state index is 0.0651. The molecule has 0 heterocycles. The Hall–Kier alpha value is -1.53. The highest BCUT2D eigenvalue weighted by Gasteiger charge is 2.05. The summed E-state index contributed by atoms with van der Waals surface area (Å²) in [5, 5.41) is 17.3. The third-order valence-electron chi connectivity index (χ3n) is 1.74. The number of ether oxygens (including phenoxy) is 1. The van der Waals surface area contributed by atoms with Crippen molar-refractivity contribution in [2.24, 2.45) is 0 Å². The summed E-state index contributed by atoms with van der Waals surface area (Å²) >= 11 is 2.14. The van der Waals surface area contributed by atoms with Gasteiger partial charge in [-0.3, -0.25) is 0 Å². The lowest BCUT2D eigenvalue weighted by molar-refractivity contribution is 0.411. The number of allylic oxidation sites excluding steroid dienone is 1. The number of para-hydroxylation sites is 1. The zero-order chi connectivity index (χ0) is 11.3. The topological polar surface area (TPSA) is 56.8 Å². The molecule has 0 radical (unpaired) electrons. The van der Waals surface area contributed by atoms with E-state index in [1.807, 2.05) is 24.3 Å². The molecule has 0 unspecified atom stereocenters. The van der Waals surface area contributed by atoms with Crippen LogP contribution >= 0.6 is 22.6 Å². The van der Waals surface area contributed by atoms with Crippen LogP contribution in [0.3, 0.4) is 0 Å². The first-order valence-electron chi connectivity index (χ1n) is 4.07. The van der Waals surface area contributed by atoms with Crippen molar-refractivity contribution in [1.82, 2.24) is 0 Å². The van der Waals surface area contributed by atoms with E-state index in [0.717, 1.165) is 9.13 Å². The van der Waals surface area contributed by atoms with Crippen LogP contribution in [-0.2, 0) is 0 Å². The smallest absolute Gasteiger partial charge is 0.139 e. The van der Waals surface area contributed by atoms with E-state index in [4.69, 9.17) is 15.3 Å². The average molecular weight is 310 g/mol. The van der Waals surface area contributed by atoms with Gasteiger partial charge in [0.05, 0.1) is 10.7 Å². The monoisotopic (exact) mass is 310 g/mol. The zero-order valence-electron chi connectivity index (χ0n) is 7.99. The van der Waals surface area contributed by atoms with Crippen LogP contribution in [0.2, 0.25) is 0 Å². The fourth-order valence-corrected chi connectivity index (χ4v) is 1.84. The molecule has 74 valence electrons. The predicted octanol–water partition coefficient (Wildman–Crippen LogP) is 2.73. The van der Waals surface area contributed by atoms with E-state index in [2.05, 4.69) is 22.6 Å². The molecule has 0 atom stereocenters. The van der Waals surface area contributed by atoms with Crippen molar-refractivity contribution in [3.05, 3.63) is 32.9 Å². The van der Waals surface area contributed by atoms with Crippen molar-refractivity contribution >= 4 is 28.7 Å². The van der Waals surface area contributed by atoms with E-state index >= 15 is 0 Å². The summed E-state index contributed by atoms with van der Waals surface area (Å²) in [7, 11) is 1.56. The Kier molecular flexibility index (Phi) is 4.14. The first-order valence-corrected chi connectivity index (χ1v) is 5.15. The molecule has 15 heavy (non-hydrogen) atoms. The van der Waals surface area contributed by atoms with Gasteiger partial charge in [0.2, 0.25) is 0 Å². The second kappa shape index (κ2) is 5.38. The highest BCUT2D eigenvalue weighted by molar-refractivity contribution is 14.1. The minimum Gasteiger partial charge on any atom is -0.495 e. The molecule has 1 aromatic carbocycles. The molecule has 0 N–H and O–H groups in total. The van der Waals surface area contributed by atoms with Gasteiger partial charge in [-0.25, -0.2) is 0 Å². The molecule has 0 aliphatic rings. The second-order valence-corrected chi connectivity index (χ2v) is 3.81. The Morgan fingerprint density at radius 1 is 1.40 bits per heavy atom. The highest BCUT2D eigenvalue weighted by Crippen LogP contribution is 2.26. The number of nitrogens with zero attached hydrogens (tertiary/aromatic N) is 2. The molecular weight excluding hydrogens is 303 g/mol. The summed E-state index contributed by atoms with van der Waals surface area (Å²) in [6.07, 6.45) is 1.51. The zero-order valence-corrected chi connectivity index (χ0v) is 10.1. The van der Waals surface area contributed by atoms with Crippen LogP contribution in [0, 0.1) is 26.2 Å². The number of methoxy groups -OCH3 is 1. The van der Waals surface area contributed by atoms with E-state index < -0.39 is 0 Å². The molecule has 4 heteroatoms. The Bertz CT molecular complexity index is 464. The summed E-state index contributed by atoms with van der Waals surface area (Å²) in [6.45, 7) is 0. The molecule has 0 aliphatic heterocycles. The van der Waals surface area contributed by atoms with Crippen LogP contribution in [0.4, 0.5) is 0 Å². The van der Waals surface area contributed by atoms with Gasteiger partial charge >= 0.3 is 0 Å². The van der Waals surface area contributed by atoms with E-state index in [-0.39, 0.29) is 5.57 Å². The van der Waals surface area contributed by atoms with E-state index in [1.165, 1.54) is 6.08 Å². The molecule has 0 aliphatic carbocycles. The number of hydrogen-bond donors (Lipinski definition) is 0. The Morgan fingerprint density at radius 2 is 2.07 bits per heavy atom. The van der Waals surface area contributed by atoms with Crippen LogP contribution in [0.15, 0.2) is 23.8 Å². The van der Waals surface area contributed by atoms with Crippen molar-refractivity contribution in [2.75, 3.05) is 7.11 Å². The molecule has 0 amide bonds. The number of halogens is 1. The fraction of sp³-hybridized carbons (Fsp3) is 0.0909. The molecular formula is C11H7IN2O. The van der Waals surface area contributed by atoms with Gasteiger partial charge in [0, 0.05) is 5.56 Å². The van der Waals surface area contributed by atoms with Crippen LogP contribution in [0.5, 0.6) is 5.75 Å². The van der Waals surface area contributed by atoms with Gasteiger partial charge in [-0.05, 0) is 34.7 Å². The third kappa shape index (κ3) is 2.71. The van der Waals surface area contributed by atoms with Gasteiger partial charge in [0.1, 0.15) is 23.5 Å². The quantitative estimate of drug-likeness (QED) is 0.623.